The SMILES string of the molecule is COc1ccc(CC[C@@H](OC(=O)[C@@H]2CCCCN2S(=O)(=O)C(C)C)c2cccc(C(C)C)c2)cc1OC. The number of benzene rings is 2. The number of carbonyl (C=O) groups excluding carboxylic acids is 1. The highest BCUT2D eigenvalue weighted by Gasteiger charge is 2.40. The van der Waals surface area contributed by atoms with Crippen molar-refractivity contribution >= 4 is 16.0 Å². The van der Waals surface area contributed by atoms with Gasteiger partial charge >= 0.3 is 5.97 Å². The van der Waals surface area contributed by atoms with E-state index >= 15 is 0 Å². The van der Waals surface area contributed by atoms with Gasteiger partial charge in [0, 0.05) is 6.54 Å². The standard InChI is InChI=1S/C29H41NO6S/c1-20(2)23-10-9-11-24(19-23)26(15-13-22-14-16-27(34-5)28(18-22)35-6)36-29(31)25-12-7-8-17-30(25)37(32,33)21(3)4/h9-11,14,16,18-21,25-26H,7-8,12-13,15,17H2,1-6H3/t25-,26+/m0/s1. The first-order valence-electron chi connectivity index (χ1n) is 13.1. The van der Waals surface area contributed by atoms with Crippen molar-refractivity contribution in [3.8, 4) is 11.5 Å². The molecule has 0 bridgehead atoms. The Morgan fingerprint density at radius 2 is 1.68 bits per heavy atom. The van der Waals surface area contributed by atoms with Crippen molar-refractivity contribution in [3.63, 3.8) is 0 Å². The maximum atomic E-state index is 13.5. The van der Waals surface area contributed by atoms with Gasteiger partial charge in [0.1, 0.15) is 12.1 Å². The first-order chi connectivity index (χ1) is 17.6. The molecule has 3 rings (SSSR count). The molecule has 0 spiro atoms. The molecule has 0 unspecified atom stereocenters. The smallest absolute Gasteiger partial charge is 0.325 e. The van der Waals surface area contributed by atoms with Gasteiger partial charge in [-0.3, -0.25) is 4.79 Å². The van der Waals surface area contributed by atoms with Crippen molar-refractivity contribution in [1.82, 2.24) is 4.31 Å². The van der Waals surface area contributed by atoms with E-state index in [-0.39, 0.29) is 0 Å². The highest BCUT2D eigenvalue weighted by atomic mass is 32.2. The molecule has 0 N–H and O–H groups in total. The molecule has 2 aromatic carbocycles. The molecule has 1 saturated heterocycles. The first-order valence-corrected chi connectivity index (χ1v) is 14.6. The van der Waals surface area contributed by atoms with Crippen LogP contribution in [0.2, 0.25) is 0 Å². The number of sulfonamides is 1. The Balaban J connectivity index is 1.87. The number of aryl methyl sites for hydroxylation is 1. The van der Waals surface area contributed by atoms with Gasteiger partial charge in [0.15, 0.2) is 11.5 Å². The number of hydrogen-bond acceptors (Lipinski definition) is 6. The van der Waals surface area contributed by atoms with Gasteiger partial charge in [0.25, 0.3) is 0 Å². The van der Waals surface area contributed by atoms with Crippen LogP contribution in [0.15, 0.2) is 42.5 Å². The molecule has 37 heavy (non-hydrogen) atoms. The summed E-state index contributed by atoms with van der Waals surface area (Å²) in [6.45, 7) is 7.89. The third-order valence-corrected chi connectivity index (χ3v) is 9.28. The minimum atomic E-state index is -3.58. The van der Waals surface area contributed by atoms with Crippen LogP contribution in [0, 0.1) is 0 Å². The average molecular weight is 532 g/mol. The zero-order chi connectivity index (χ0) is 27.2. The lowest BCUT2D eigenvalue weighted by atomic mass is 9.95. The molecule has 1 aliphatic heterocycles. The molecule has 1 heterocycles. The molecular weight excluding hydrogens is 490 g/mol. The molecule has 204 valence electrons. The lowest BCUT2D eigenvalue weighted by Gasteiger charge is -2.35. The fourth-order valence-electron chi connectivity index (χ4n) is 4.68. The lowest BCUT2D eigenvalue weighted by Crippen LogP contribution is -2.50. The van der Waals surface area contributed by atoms with E-state index in [1.807, 2.05) is 30.3 Å². The molecular formula is C29H41NO6S. The summed E-state index contributed by atoms with van der Waals surface area (Å²) in [7, 11) is -0.373. The molecule has 2 atom stereocenters. The van der Waals surface area contributed by atoms with Crippen LogP contribution in [-0.4, -0.2) is 50.7 Å². The van der Waals surface area contributed by atoms with Crippen LogP contribution in [0.4, 0.5) is 0 Å². The zero-order valence-corrected chi connectivity index (χ0v) is 23.7. The zero-order valence-electron chi connectivity index (χ0n) is 22.9. The van der Waals surface area contributed by atoms with E-state index in [9.17, 15) is 13.2 Å². The summed E-state index contributed by atoms with van der Waals surface area (Å²) in [5, 5.41) is -0.593. The Bertz CT molecular complexity index is 1160. The Morgan fingerprint density at radius 1 is 0.973 bits per heavy atom. The van der Waals surface area contributed by atoms with E-state index in [0.29, 0.717) is 43.2 Å². The predicted octanol–water partition coefficient (Wildman–Crippen LogP) is 5.64. The second-order valence-corrected chi connectivity index (χ2v) is 12.6. The summed E-state index contributed by atoms with van der Waals surface area (Å²) in [6, 6.07) is 13.1. The van der Waals surface area contributed by atoms with E-state index < -0.39 is 33.4 Å². The van der Waals surface area contributed by atoms with Crippen LogP contribution in [0.1, 0.15) is 82.1 Å². The number of rotatable bonds is 11. The monoisotopic (exact) mass is 531 g/mol. The van der Waals surface area contributed by atoms with Crippen LogP contribution >= 0.6 is 0 Å². The van der Waals surface area contributed by atoms with Gasteiger partial charge in [0.2, 0.25) is 10.0 Å². The lowest BCUT2D eigenvalue weighted by molar-refractivity contribution is -0.155. The van der Waals surface area contributed by atoms with Gasteiger partial charge < -0.3 is 14.2 Å². The summed E-state index contributed by atoms with van der Waals surface area (Å²) in [6.07, 6.45) is 2.69. The van der Waals surface area contributed by atoms with E-state index in [1.54, 1.807) is 28.1 Å². The van der Waals surface area contributed by atoms with E-state index in [0.717, 1.165) is 29.5 Å². The van der Waals surface area contributed by atoms with Crippen molar-refractivity contribution in [2.75, 3.05) is 20.8 Å². The molecule has 0 amide bonds. The maximum absolute atomic E-state index is 13.5. The fraction of sp³-hybridized carbons (Fsp3) is 0.552. The molecule has 8 heteroatoms. The van der Waals surface area contributed by atoms with Crippen molar-refractivity contribution in [3.05, 3.63) is 59.2 Å². The Labute approximate surface area is 222 Å². The van der Waals surface area contributed by atoms with Crippen LogP contribution < -0.4 is 9.47 Å². The van der Waals surface area contributed by atoms with Crippen molar-refractivity contribution in [2.24, 2.45) is 0 Å². The van der Waals surface area contributed by atoms with Gasteiger partial charge in [-0.25, -0.2) is 8.42 Å². The molecule has 1 aliphatic rings. The second kappa shape index (κ2) is 12.8. The number of ether oxygens (including phenoxy) is 3. The second-order valence-electron chi connectivity index (χ2n) is 10.2. The number of hydrogen-bond donors (Lipinski definition) is 0. The van der Waals surface area contributed by atoms with E-state index in [1.165, 1.54) is 4.31 Å². The topological polar surface area (TPSA) is 82.1 Å². The molecule has 1 fully saturated rings. The van der Waals surface area contributed by atoms with Crippen LogP contribution in [0.3, 0.4) is 0 Å². The molecule has 2 aromatic rings. The van der Waals surface area contributed by atoms with Gasteiger partial charge in [-0.2, -0.15) is 4.31 Å². The third kappa shape index (κ3) is 7.05. The Hall–Kier alpha value is -2.58. The first kappa shape index (κ1) is 29.0. The van der Waals surface area contributed by atoms with Crippen LogP contribution in [0.25, 0.3) is 0 Å². The van der Waals surface area contributed by atoms with Gasteiger partial charge in [-0.15, -0.1) is 0 Å². The van der Waals surface area contributed by atoms with Crippen LogP contribution in [0.5, 0.6) is 11.5 Å². The summed E-state index contributed by atoms with van der Waals surface area (Å²) in [5.74, 6) is 1.15. The summed E-state index contributed by atoms with van der Waals surface area (Å²) in [4.78, 5) is 13.5. The van der Waals surface area contributed by atoms with Crippen molar-refractivity contribution in [1.29, 1.82) is 0 Å². The van der Waals surface area contributed by atoms with Crippen LogP contribution in [-0.2, 0) is 26.0 Å². The summed E-state index contributed by atoms with van der Waals surface area (Å²) >= 11 is 0. The van der Waals surface area contributed by atoms with Crippen molar-refractivity contribution in [2.45, 2.75) is 83.1 Å². The summed E-state index contributed by atoms with van der Waals surface area (Å²) < 4.78 is 44.3. The molecule has 0 radical (unpaired) electrons. The van der Waals surface area contributed by atoms with Gasteiger partial charge in [0.05, 0.1) is 19.5 Å². The van der Waals surface area contributed by atoms with E-state index in [4.69, 9.17) is 14.2 Å². The largest absolute Gasteiger partial charge is 0.493 e. The highest BCUT2D eigenvalue weighted by molar-refractivity contribution is 7.89. The molecule has 7 nitrogen and oxygen atoms in total. The Kier molecular flexibility index (Phi) is 10.0. The molecule has 0 aliphatic carbocycles. The average Bonchev–Trinajstić information content (AvgIpc) is 2.90. The minimum absolute atomic E-state index is 0.326. The number of methoxy groups -OCH3 is 2. The fourth-order valence-corrected chi connectivity index (χ4v) is 6.15. The number of piperidine rings is 1. The third-order valence-electron chi connectivity index (χ3n) is 7.00. The number of esters is 1. The van der Waals surface area contributed by atoms with Gasteiger partial charge in [-0.1, -0.05) is 44.2 Å². The van der Waals surface area contributed by atoms with Crippen molar-refractivity contribution < 1.29 is 27.4 Å². The maximum Gasteiger partial charge on any atom is 0.325 e. The normalized spacial score (nSPS) is 17.6. The number of carbonyl (C=O) groups is 1. The number of nitrogens with zero attached hydrogens (tertiary/aromatic N) is 1. The summed E-state index contributed by atoms with van der Waals surface area (Å²) in [5.41, 5.74) is 3.10. The van der Waals surface area contributed by atoms with Gasteiger partial charge in [-0.05, 0) is 80.7 Å². The van der Waals surface area contributed by atoms with E-state index in [2.05, 4.69) is 26.0 Å². The highest BCUT2D eigenvalue weighted by Crippen LogP contribution is 2.32. The molecule has 0 aromatic heterocycles. The predicted molar refractivity (Wildman–Crippen MR) is 146 cm³/mol. The Morgan fingerprint density at radius 3 is 2.32 bits per heavy atom. The minimum Gasteiger partial charge on any atom is -0.493 e. The molecule has 0 saturated carbocycles. The quantitative estimate of drug-likeness (QED) is 0.349.